The van der Waals surface area contributed by atoms with Gasteiger partial charge in [-0.15, -0.1) is 0 Å². The predicted molar refractivity (Wildman–Crippen MR) is 71.3 cm³/mol. The van der Waals surface area contributed by atoms with Crippen LogP contribution in [-0.4, -0.2) is 31.9 Å². The SMILES string of the molecule is COCCC(C)C(Cc1ccc(OC)nc1)NN. The van der Waals surface area contributed by atoms with E-state index in [1.54, 1.807) is 14.2 Å². The molecule has 3 N–H and O–H groups in total. The van der Waals surface area contributed by atoms with Crippen molar-refractivity contribution in [2.24, 2.45) is 11.8 Å². The fraction of sp³-hybridized carbons (Fsp3) is 0.615. The average molecular weight is 253 g/mol. The van der Waals surface area contributed by atoms with Crippen LogP contribution in [0.15, 0.2) is 18.3 Å². The van der Waals surface area contributed by atoms with E-state index in [-0.39, 0.29) is 6.04 Å². The number of pyridine rings is 1. The van der Waals surface area contributed by atoms with Crippen molar-refractivity contribution >= 4 is 0 Å². The first-order valence-corrected chi connectivity index (χ1v) is 6.15. The van der Waals surface area contributed by atoms with Gasteiger partial charge in [0.25, 0.3) is 0 Å². The standard InChI is InChI=1S/C13H23N3O2/c1-10(6-7-17-2)12(16-14)8-11-4-5-13(18-3)15-9-11/h4-5,9-10,12,16H,6-8,14H2,1-3H3. The molecule has 0 aromatic carbocycles. The lowest BCUT2D eigenvalue weighted by Crippen LogP contribution is -2.41. The quantitative estimate of drug-likeness (QED) is 0.537. The van der Waals surface area contributed by atoms with Gasteiger partial charge in [-0.3, -0.25) is 11.3 Å². The number of hydrogen-bond donors (Lipinski definition) is 2. The van der Waals surface area contributed by atoms with E-state index in [0.717, 1.165) is 25.0 Å². The van der Waals surface area contributed by atoms with Crippen LogP contribution in [0.25, 0.3) is 0 Å². The number of nitrogens with zero attached hydrogens (tertiary/aromatic N) is 1. The van der Waals surface area contributed by atoms with Crippen molar-refractivity contribution in [1.29, 1.82) is 0 Å². The molecule has 0 saturated heterocycles. The van der Waals surface area contributed by atoms with Crippen molar-refractivity contribution in [2.45, 2.75) is 25.8 Å². The molecule has 0 aliphatic heterocycles. The van der Waals surface area contributed by atoms with Gasteiger partial charge in [-0.1, -0.05) is 13.0 Å². The van der Waals surface area contributed by atoms with Gasteiger partial charge in [0.1, 0.15) is 0 Å². The third-order valence-electron chi connectivity index (χ3n) is 3.14. The van der Waals surface area contributed by atoms with Gasteiger partial charge >= 0.3 is 0 Å². The molecule has 0 spiro atoms. The Labute approximate surface area is 109 Å². The molecule has 0 aliphatic rings. The molecule has 0 bridgehead atoms. The van der Waals surface area contributed by atoms with Crippen LogP contribution in [0.3, 0.4) is 0 Å². The molecule has 0 radical (unpaired) electrons. The largest absolute Gasteiger partial charge is 0.481 e. The molecular formula is C13H23N3O2. The minimum atomic E-state index is 0.218. The number of ether oxygens (including phenoxy) is 2. The Balaban J connectivity index is 2.55. The summed E-state index contributed by atoms with van der Waals surface area (Å²) in [7, 11) is 3.32. The predicted octanol–water partition coefficient (Wildman–Crippen LogP) is 1.14. The van der Waals surface area contributed by atoms with Crippen molar-refractivity contribution in [3.05, 3.63) is 23.9 Å². The topological polar surface area (TPSA) is 69.4 Å². The number of nitrogens with one attached hydrogen (secondary N) is 1. The van der Waals surface area contributed by atoms with Crippen LogP contribution in [0.5, 0.6) is 5.88 Å². The highest BCUT2D eigenvalue weighted by Crippen LogP contribution is 2.14. The monoisotopic (exact) mass is 253 g/mol. The molecule has 0 aliphatic carbocycles. The summed E-state index contributed by atoms with van der Waals surface area (Å²) in [5.74, 6) is 6.68. The van der Waals surface area contributed by atoms with Crippen LogP contribution in [0.2, 0.25) is 0 Å². The summed E-state index contributed by atoms with van der Waals surface area (Å²) in [6.45, 7) is 2.92. The molecule has 0 fully saturated rings. The number of hydrazine groups is 1. The van der Waals surface area contributed by atoms with Crippen LogP contribution >= 0.6 is 0 Å². The molecule has 5 nitrogen and oxygen atoms in total. The van der Waals surface area contributed by atoms with E-state index in [0.29, 0.717) is 11.8 Å². The maximum absolute atomic E-state index is 5.61. The number of methoxy groups -OCH3 is 2. The first-order valence-electron chi connectivity index (χ1n) is 6.15. The van der Waals surface area contributed by atoms with Crippen LogP contribution in [0, 0.1) is 5.92 Å². The Morgan fingerprint density at radius 2 is 2.17 bits per heavy atom. The highest BCUT2D eigenvalue weighted by molar-refractivity contribution is 5.18. The van der Waals surface area contributed by atoms with Crippen LogP contribution < -0.4 is 16.0 Å². The lowest BCUT2D eigenvalue weighted by Gasteiger charge is -2.23. The molecule has 0 amide bonds. The summed E-state index contributed by atoms with van der Waals surface area (Å²) in [6.07, 6.45) is 3.65. The van der Waals surface area contributed by atoms with Gasteiger partial charge < -0.3 is 9.47 Å². The Hall–Kier alpha value is -1.17. The highest BCUT2D eigenvalue weighted by atomic mass is 16.5. The minimum Gasteiger partial charge on any atom is -0.481 e. The zero-order valence-corrected chi connectivity index (χ0v) is 11.3. The van der Waals surface area contributed by atoms with Crippen molar-refractivity contribution in [1.82, 2.24) is 10.4 Å². The first kappa shape index (κ1) is 14.9. The van der Waals surface area contributed by atoms with E-state index in [1.807, 2.05) is 18.3 Å². The lowest BCUT2D eigenvalue weighted by molar-refractivity contribution is 0.170. The fourth-order valence-corrected chi connectivity index (χ4v) is 1.84. The van der Waals surface area contributed by atoms with Gasteiger partial charge in [0.2, 0.25) is 5.88 Å². The summed E-state index contributed by atoms with van der Waals surface area (Å²) < 4.78 is 10.1. The van der Waals surface area contributed by atoms with Gasteiger partial charge in [0.15, 0.2) is 0 Å². The molecule has 102 valence electrons. The smallest absolute Gasteiger partial charge is 0.212 e. The summed E-state index contributed by atoms with van der Waals surface area (Å²) in [5.41, 5.74) is 4.01. The second-order valence-electron chi connectivity index (χ2n) is 4.44. The molecule has 0 saturated carbocycles. The molecule has 2 atom stereocenters. The Morgan fingerprint density at radius 3 is 2.67 bits per heavy atom. The van der Waals surface area contributed by atoms with E-state index in [9.17, 15) is 0 Å². The van der Waals surface area contributed by atoms with Gasteiger partial charge in [0, 0.05) is 32.0 Å². The molecular weight excluding hydrogens is 230 g/mol. The molecule has 1 aromatic heterocycles. The zero-order chi connectivity index (χ0) is 13.4. The van der Waals surface area contributed by atoms with Gasteiger partial charge in [-0.25, -0.2) is 4.98 Å². The van der Waals surface area contributed by atoms with E-state index < -0.39 is 0 Å². The Morgan fingerprint density at radius 1 is 1.39 bits per heavy atom. The molecule has 1 rings (SSSR count). The summed E-state index contributed by atoms with van der Waals surface area (Å²) in [5, 5.41) is 0. The highest BCUT2D eigenvalue weighted by Gasteiger charge is 2.16. The molecule has 1 heterocycles. The molecule has 1 aromatic rings. The van der Waals surface area contributed by atoms with E-state index in [4.69, 9.17) is 15.3 Å². The van der Waals surface area contributed by atoms with Crippen LogP contribution in [0.4, 0.5) is 0 Å². The molecule has 5 heteroatoms. The zero-order valence-electron chi connectivity index (χ0n) is 11.3. The minimum absolute atomic E-state index is 0.218. The third-order valence-corrected chi connectivity index (χ3v) is 3.14. The Bertz CT molecular complexity index is 330. The Kier molecular flexibility index (Phi) is 6.64. The second-order valence-corrected chi connectivity index (χ2v) is 4.44. The van der Waals surface area contributed by atoms with Gasteiger partial charge in [0.05, 0.1) is 7.11 Å². The third kappa shape index (κ3) is 4.60. The number of hydrogen-bond acceptors (Lipinski definition) is 5. The first-order chi connectivity index (χ1) is 8.71. The van der Waals surface area contributed by atoms with Gasteiger partial charge in [-0.2, -0.15) is 0 Å². The lowest BCUT2D eigenvalue weighted by atomic mass is 9.94. The molecule has 18 heavy (non-hydrogen) atoms. The maximum atomic E-state index is 5.61. The summed E-state index contributed by atoms with van der Waals surface area (Å²) in [4.78, 5) is 4.19. The second kappa shape index (κ2) is 8.02. The van der Waals surface area contributed by atoms with Gasteiger partial charge in [-0.05, 0) is 24.3 Å². The number of rotatable bonds is 8. The van der Waals surface area contributed by atoms with Crippen molar-refractivity contribution < 1.29 is 9.47 Å². The van der Waals surface area contributed by atoms with E-state index in [2.05, 4.69) is 17.3 Å². The van der Waals surface area contributed by atoms with E-state index in [1.165, 1.54) is 0 Å². The summed E-state index contributed by atoms with van der Waals surface area (Å²) >= 11 is 0. The van der Waals surface area contributed by atoms with Crippen molar-refractivity contribution in [3.63, 3.8) is 0 Å². The number of nitrogens with two attached hydrogens (primary N) is 1. The van der Waals surface area contributed by atoms with Crippen molar-refractivity contribution in [2.75, 3.05) is 20.8 Å². The van der Waals surface area contributed by atoms with Crippen LogP contribution in [0.1, 0.15) is 18.9 Å². The molecule has 2 unspecified atom stereocenters. The normalized spacial score (nSPS) is 14.2. The van der Waals surface area contributed by atoms with Crippen LogP contribution in [-0.2, 0) is 11.2 Å². The average Bonchev–Trinajstić information content (AvgIpc) is 2.42. The fourth-order valence-electron chi connectivity index (χ4n) is 1.84. The maximum Gasteiger partial charge on any atom is 0.212 e. The summed E-state index contributed by atoms with van der Waals surface area (Å²) in [6, 6.07) is 4.09. The number of aromatic nitrogens is 1. The van der Waals surface area contributed by atoms with Crippen molar-refractivity contribution in [3.8, 4) is 5.88 Å². The van der Waals surface area contributed by atoms with E-state index >= 15 is 0 Å².